The van der Waals surface area contributed by atoms with Crippen LogP contribution in [0.3, 0.4) is 0 Å². The molecule has 12 rings (SSSR count). The quantitative estimate of drug-likeness (QED) is 0.172. The molecule has 12 aromatic rings. The summed E-state index contributed by atoms with van der Waals surface area (Å²) in [5.74, 6) is 0. The van der Waals surface area contributed by atoms with Gasteiger partial charge in [0.2, 0.25) is 0 Å². The van der Waals surface area contributed by atoms with E-state index in [1.54, 1.807) is 0 Å². The Balaban J connectivity index is 0.953. The van der Waals surface area contributed by atoms with Crippen molar-refractivity contribution in [3.05, 3.63) is 200 Å². The zero-order valence-corrected chi connectivity index (χ0v) is 31.6. The van der Waals surface area contributed by atoms with Crippen molar-refractivity contribution in [2.45, 2.75) is 0 Å². The summed E-state index contributed by atoms with van der Waals surface area (Å²) in [5, 5.41) is 6.28. The maximum Gasteiger partial charge on any atom is 0.0963 e. The molecule has 0 spiro atoms. The molecule has 4 heteroatoms. The Labute approximate surface area is 333 Å². The molecular formula is C53H33N3S. The van der Waals surface area contributed by atoms with Crippen LogP contribution in [-0.2, 0) is 0 Å². The number of hydrogen-bond donors (Lipinski definition) is 0. The van der Waals surface area contributed by atoms with Crippen molar-refractivity contribution < 1.29 is 0 Å². The van der Waals surface area contributed by atoms with Crippen LogP contribution in [0.15, 0.2) is 200 Å². The van der Waals surface area contributed by atoms with Crippen LogP contribution in [0.5, 0.6) is 0 Å². The normalized spacial score (nSPS) is 11.9. The van der Waals surface area contributed by atoms with E-state index in [1.807, 2.05) is 23.6 Å². The number of fused-ring (bicyclic) bond motifs is 9. The van der Waals surface area contributed by atoms with Crippen LogP contribution in [0.4, 0.5) is 0 Å². The highest BCUT2D eigenvalue weighted by Gasteiger charge is 2.17. The fraction of sp³-hybridized carbons (Fsp3) is 0. The summed E-state index contributed by atoms with van der Waals surface area (Å²) in [6.45, 7) is 0. The third-order valence-electron chi connectivity index (χ3n) is 11.6. The summed E-state index contributed by atoms with van der Waals surface area (Å²) in [4.78, 5) is 4.86. The summed E-state index contributed by atoms with van der Waals surface area (Å²) in [7, 11) is 0. The number of pyridine rings is 1. The summed E-state index contributed by atoms with van der Waals surface area (Å²) in [5.41, 5.74) is 15.1. The molecule has 0 aliphatic carbocycles. The van der Waals surface area contributed by atoms with E-state index in [9.17, 15) is 0 Å². The minimum atomic E-state index is 1.01. The van der Waals surface area contributed by atoms with Crippen molar-refractivity contribution in [3.8, 4) is 44.8 Å². The van der Waals surface area contributed by atoms with E-state index >= 15 is 0 Å². The largest absolute Gasteiger partial charge is 0.309 e. The lowest BCUT2D eigenvalue weighted by Gasteiger charge is -2.11. The summed E-state index contributed by atoms with van der Waals surface area (Å²) in [6.07, 6.45) is 1.89. The van der Waals surface area contributed by atoms with Crippen molar-refractivity contribution in [3.63, 3.8) is 0 Å². The second-order valence-electron chi connectivity index (χ2n) is 14.8. The first-order valence-corrected chi connectivity index (χ1v) is 20.2. The Hall–Kier alpha value is -7.27. The van der Waals surface area contributed by atoms with Crippen LogP contribution in [0.1, 0.15) is 0 Å². The smallest absolute Gasteiger partial charge is 0.0963 e. The molecule has 0 fully saturated rings. The first kappa shape index (κ1) is 32.0. The number of benzene rings is 8. The molecule has 266 valence electrons. The summed E-state index contributed by atoms with van der Waals surface area (Å²) in [6, 6.07) is 70.8. The van der Waals surface area contributed by atoms with Crippen molar-refractivity contribution >= 4 is 75.3 Å². The molecule has 0 N–H and O–H groups in total. The molecule has 0 atom stereocenters. The second-order valence-corrected chi connectivity index (χ2v) is 15.9. The molecule has 0 aliphatic heterocycles. The van der Waals surface area contributed by atoms with Gasteiger partial charge in [-0.1, -0.05) is 103 Å². The van der Waals surface area contributed by atoms with Gasteiger partial charge < -0.3 is 9.13 Å². The lowest BCUT2D eigenvalue weighted by molar-refractivity contribution is 1.17. The zero-order valence-electron chi connectivity index (χ0n) is 30.8. The van der Waals surface area contributed by atoms with Crippen LogP contribution < -0.4 is 0 Å². The van der Waals surface area contributed by atoms with Crippen LogP contribution in [0.25, 0.3) is 109 Å². The topological polar surface area (TPSA) is 22.8 Å². The average Bonchev–Trinajstić information content (AvgIpc) is 3.94. The Morgan fingerprint density at radius 2 is 0.860 bits per heavy atom. The molecule has 3 nitrogen and oxygen atoms in total. The second kappa shape index (κ2) is 12.6. The van der Waals surface area contributed by atoms with Gasteiger partial charge >= 0.3 is 0 Å². The fourth-order valence-electron chi connectivity index (χ4n) is 8.91. The van der Waals surface area contributed by atoms with Crippen LogP contribution in [-0.4, -0.2) is 14.1 Å². The van der Waals surface area contributed by atoms with Gasteiger partial charge in [0, 0.05) is 53.9 Å². The van der Waals surface area contributed by atoms with E-state index in [0.717, 1.165) is 38.9 Å². The first-order valence-electron chi connectivity index (χ1n) is 19.4. The number of para-hydroxylation sites is 2. The van der Waals surface area contributed by atoms with Gasteiger partial charge in [0.1, 0.15) is 0 Å². The lowest BCUT2D eigenvalue weighted by atomic mass is 9.97. The molecule has 0 saturated carbocycles. The number of hydrogen-bond acceptors (Lipinski definition) is 2. The van der Waals surface area contributed by atoms with Gasteiger partial charge in [0.15, 0.2) is 0 Å². The Morgan fingerprint density at radius 3 is 1.68 bits per heavy atom. The highest BCUT2D eigenvalue weighted by Crippen LogP contribution is 2.40. The molecule has 0 amide bonds. The van der Waals surface area contributed by atoms with Crippen LogP contribution in [0.2, 0.25) is 0 Å². The molecule has 0 saturated heterocycles. The molecule has 4 heterocycles. The Bertz CT molecular complexity index is 3530. The van der Waals surface area contributed by atoms with E-state index in [1.165, 1.54) is 69.8 Å². The van der Waals surface area contributed by atoms with E-state index in [0.29, 0.717) is 0 Å². The highest BCUT2D eigenvalue weighted by atomic mass is 32.1. The monoisotopic (exact) mass is 743 g/mol. The fourth-order valence-corrected chi connectivity index (χ4v) is 10.00. The number of nitrogens with zero attached hydrogens (tertiary/aromatic N) is 3. The van der Waals surface area contributed by atoms with Gasteiger partial charge in [-0.15, -0.1) is 11.3 Å². The third-order valence-corrected chi connectivity index (χ3v) is 12.7. The number of rotatable bonds is 5. The summed E-state index contributed by atoms with van der Waals surface area (Å²) >= 11 is 1.86. The Kier molecular flexibility index (Phi) is 7.10. The van der Waals surface area contributed by atoms with Crippen LogP contribution >= 0.6 is 11.3 Å². The van der Waals surface area contributed by atoms with Gasteiger partial charge in [0.25, 0.3) is 0 Å². The molecule has 0 bridgehead atoms. The van der Waals surface area contributed by atoms with E-state index in [-0.39, 0.29) is 0 Å². The van der Waals surface area contributed by atoms with Crippen molar-refractivity contribution in [2.75, 3.05) is 0 Å². The van der Waals surface area contributed by atoms with Gasteiger partial charge in [-0.2, -0.15) is 0 Å². The highest BCUT2D eigenvalue weighted by molar-refractivity contribution is 7.25. The number of thiophene rings is 1. The standard InChI is InChI=1S/C53H33N3S/c1-2-14-40(15-3-1)55-49-26-23-38(33-46(49)53-50(55)20-10-28-54-53)36-13-9-16-41(30-36)56-47-19-6-4-17-42(47)44-31-37(22-25-48(44)56)34-11-8-12-35(29-34)39-24-27-52-45(32-39)43-18-5-7-21-51(43)57-52/h1-33H. The molecular weight excluding hydrogens is 711 g/mol. The van der Waals surface area contributed by atoms with E-state index < -0.39 is 0 Å². The van der Waals surface area contributed by atoms with Crippen molar-refractivity contribution in [2.24, 2.45) is 0 Å². The first-order chi connectivity index (χ1) is 28.2. The minimum absolute atomic E-state index is 1.01. The molecule has 57 heavy (non-hydrogen) atoms. The molecule has 0 aliphatic rings. The lowest BCUT2D eigenvalue weighted by Crippen LogP contribution is -1.94. The van der Waals surface area contributed by atoms with Gasteiger partial charge in [-0.3, -0.25) is 4.98 Å². The van der Waals surface area contributed by atoms with E-state index in [2.05, 4.69) is 197 Å². The van der Waals surface area contributed by atoms with Gasteiger partial charge in [-0.05, 0) is 124 Å². The number of aromatic nitrogens is 3. The predicted molar refractivity (Wildman–Crippen MR) is 242 cm³/mol. The van der Waals surface area contributed by atoms with Crippen molar-refractivity contribution in [1.82, 2.24) is 14.1 Å². The zero-order chi connectivity index (χ0) is 37.5. The molecule has 0 radical (unpaired) electrons. The average molecular weight is 744 g/mol. The summed E-state index contributed by atoms with van der Waals surface area (Å²) < 4.78 is 7.39. The SMILES string of the molecule is c1ccc(-n2c3ccc(-c4cccc(-n5c6ccccc6c6cc(-c7cccc(-c8ccc9sc%10ccccc%10c9c8)c7)ccc65)c4)cc3c3ncccc32)cc1. The third kappa shape index (κ3) is 5.08. The van der Waals surface area contributed by atoms with Crippen molar-refractivity contribution in [1.29, 1.82) is 0 Å². The Morgan fingerprint density at radius 1 is 0.316 bits per heavy atom. The molecule has 8 aromatic carbocycles. The molecule has 0 unspecified atom stereocenters. The van der Waals surface area contributed by atoms with Gasteiger partial charge in [-0.25, -0.2) is 0 Å². The maximum absolute atomic E-state index is 4.86. The van der Waals surface area contributed by atoms with Gasteiger partial charge in [0.05, 0.1) is 27.6 Å². The predicted octanol–water partition coefficient (Wildman–Crippen LogP) is 14.6. The molecule has 4 aromatic heterocycles. The van der Waals surface area contributed by atoms with Crippen LogP contribution in [0, 0.1) is 0 Å². The maximum atomic E-state index is 4.86. The van der Waals surface area contributed by atoms with E-state index in [4.69, 9.17) is 4.98 Å². The minimum Gasteiger partial charge on any atom is -0.309 e.